The standard InChI is InChI=1S/C12H17F3N2O3S/c1-8-5-10(16)11(6-9(8)2)21(19,20)17(3-4-18)7-12(13,14)15/h5-6,18H,3-4,7,16H2,1-2H3. The van der Waals surface area contributed by atoms with Crippen molar-refractivity contribution in [2.45, 2.75) is 24.9 Å². The summed E-state index contributed by atoms with van der Waals surface area (Å²) in [6.45, 7) is 0.285. The molecule has 21 heavy (non-hydrogen) atoms. The van der Waals surface area contributed by atoms with Crippen molar-refractivity contribution in [2.75, 3.05) is 25.4 Å². The van der Waals surface area contributed by atoms with Crippen LogP contribution in [-0.2, 0) is 10.0 Å². The van der Waals surface area contributed by atoms with Gasteiger partial charge in [0.15, 0.2) is 0 Å². The van der Waals surface area contributed by atoms with Crippen LogP contribution in [0.5, 0.6) is 0 Å². The van der Waals surface area contributed by atoms with Gasteiger partial charge in [0.25, 0.3) is 0 Å². The fourth-order valence-electron chi connectivity index (χ4n) is 1.77. The van der Waals surface area contributed by atoms with E-state index in [1.165, 1.54) is 12.1 Å². The molecule has 0 bridgehead atoms. The van der Waals surface area contributed by atoms with Crippen molar-refractivity contribution in [3.63, 3.8) is 0 Å². The Morgan fingerprint density at radius 3 is 2.24 bits per heavy atom. The van der Waals surface area contributed by atoms with Crippen LogP contribution in [0.1, 0.15) is 11.1 Å². The van der Waals surface area contributed by atoms with Gasteiger partial charge in [-0.25, -0.2) is 8.42 Å². The molecule has 0 aliphatic heterocycles. The lowest BCUT2D eigenvalue weighted by molar-refractivity contribution is -0.136. The van der Waals surface area contributed by atoms with Gasteiger partial charge in [-0.05, 0) is 37.1 Å². The van der Waals surface area contributed by atoms with E-state index < -0.39 is 35.9 Å². The third kappa shape index (κ3) is 4.32. The maximum atomic E-state index is 12.5. The van der Waals surface area contributed by atoms with E-state index in [2.05, 4.69) is 0 Å². The molecule has 9 heteroatoms. The van der Waals surface area contributed by atoms with Crippen molar-refractivity contribution < 1.29 is 26.7 Å². The van der Waals surface area contributed by atoms with E-state index in [-0.39, 0.29) is 14.9 Å². The first-order valence-electron chi connectivity index (χ1n) is 6.03. The summed E-state index contributed by atoms with van der Waals surface area (Å²) >= 11 is 0. The van der Waals surface area contributed by atoms with Gasteiger partial charge in [0.2, 0.25) is 10.0 Å². The molecule has 0 saturated heterocycles. The molecule has 1 rings (SSSR count). The number of nitrogens with zero attached hydrogens (tertiary/aromatic N) is 1. The minimum atomic E-state index is -4.71. The molecule has 0 spiro atoms. The van der Waals surface area contributed by atoms with Crippen LogP contribution < -0.4 is 5.73 Å². The lowest BCUT2D eigenvalue weighted by atomic mass is 10.1. The van der Waals surface area contributed by atoms with Crippen LogP contribution in [0, 0.1) is 13.8 Å². The normalized spacial score (nSPS) is 12.9. The predicted octanol–water partition coefficient (Wildman–Crippen LogP) is 1.43. The number of aliphatic hydroxyl groups is 1. The molecule has 0 saturated carbocycles. The minimum Gasteiger partial charge on any atom is -0.398 e. The number of aliphatic hydroxyl groups excluding tert-OH is 1. The molecule has 5 nitrogen and oxygen atoms in total. The van der Waals surface area contributed by atoms with E-state index in [9.17, 15) is 21.6 Å². The Kier molecular flexibility index (Phi) is 5.24. The summed E-state index contributed by atoms with van der Waals surface area (Å²) in [7, 11) is -4.44. The van der Waals surface area contributed by atoms with E-state index in [4.69, 9.17) is 10.8 Å². The van der Waals surface area contributed by atoms with Crippen molar-refractivity contribution in [1.82, 2.24) is 4.31 Å². The van der Waals surface area contributed by atoms with Crippen LogP contribution in [-0.4, -0.2) is 43.7 Å². The van der Waals surface area contributed by atoms with Crippen molar-refractivity contribution in [1.29, 1.82) is 0 Å². The Hall–Kier alpha value is -1.32. The minimum absolute atomic E-state index is 0.122. The van der Waals surface area contributed by atoms with Gasteiger partial charge in [0.05, 0.1) is 12.3 Å². The molecular formula is C12H17F3N2O3S. The average molecular weight is 326 g/mol. The monoisotopic (exact) mass is 326 g/mol. The molecule has 0 unspecified atom stereocenters. The zero-order chi connectivity index (χ0) is 16.4. The molecule has 0 heterocycles. The van der Waals surface area contributed by atoms with Crippen molar-refractivity contribution >= 4 is 15.7 Å². The zero-order valence-electron chi connectivity index (χ0n) is 11.6. The van der Waals surface area contributed by atoms with Crippen LogP contribution in [0.15, 0.2) is 17.0 Å². The Morgan fingerprint density at radius 1 is 1.24 bits per heavy atom. The first kappa shape index (κ1) is 17.7. The zero-order valence-corrected chi connectivity index (χ0v) is 12.4. The fraction of sp³-hybridized carbons (Fsp3) is 0.500. The average Bonchev–Trinajstić information content (AvgIpc) is 2.31. The van der Waals surface area contributed by atoms with Crippen LogP contribution in [0.2, 0.25) is 0 Å². The lowest BCUT2D eigenvalue weighted by Crippen LogP contribution is -2.40. The summed E-state index contributed by atoms with van der Waals surface area (Å²) in [5, 5.41) is 8.81. The topological polar surface area (TPSA) is 83.6 Å². The molecule has 120 valence electrons. The van der Waals surface area contributed by atoms with Crippen LogP contribution >= 0.6 is 0 Å². The van der Waals surface area contributed by atoms with Crippen molar-refractivity contribution in [2.24, 2.45) is 0 Å². The molecule has 0 aliphatic rings. The molecule has 0 fully saturated rings. The number of nitrogen functional groups attached to an aromatic ring is 1. The quantitative estimate of drug-likeness (QED) is 0.802. The van der Waals surface area contributed by atoms with Crippen LogP contribution in [0.25, 0.3) is 0 Å². The van der Waals surface area contributed by atoms with E-state index in [1.807, 2.05) is 0 Å². The van der Waals surface area contributed by atoms with E-state index in [1.54, 1.807) is 13.8 Å². The number of benzene rings is 1. The van der Waals surface area contributed by atoms with Gasteiger partial charge in [0.1, 0.15) is 11.4 Å². The van der Waals surface area contributed by atoms with Gasteiger partial charge in [-0.1, -0.05) is 0 Å². The van der Waals surface area contributed by atoms with E-state index in [0.29, 0.717) is 5.56 Å². The summed E-state index contributed by atoms with van der Waals surface area (Å²) < 4.78 is 62.3. The number of sulfonamides is 1. The summed E-state index contributed by atoms with van der Waals surface area (Å²) in [4.78, 5) is -0.386. The predicted molar refractivity (Wildman–Crippen MR) is 72.2 cm³/mol. The summed E-state index contributed by atoms with van der Waals surface area (Å²) in [6.07, 6.45) is -4.71. The Labute approximate surface area is 121 Å². The molecule has 0 amide bonds. The van der Waals surface area contributed by atoms with Gasteiger partial charge in [-0.15, -0.1) is 0 Å². The number of anilines is 1. The molecule has 1 aromatic carbocycles. The number of rotatable bonds is 5. The third-order valence-corrected chi connectivity index (χ3v) is 4.85. The highest BCUT2D eigenvalue weighted by Gasteiger charge is 2.37. The van der Waals surface area contributed by atoms with Gasteiger partial charge >= 0.3 is 6.18 Å². The number of aryl methyl sites for hydroxylation is 2. The highest BCUT2D eigenvalue weighted by molar-refractivity contribution is 7.89. The highest BCUT2D eigenvalue weighted by atomic mass is 32.2. The Morgan fingerprint density at radius 2 is 1.76 bits per heavy atom. The third-order valence-electron chi connectivity index (χ3n) is 2.95. The van der Waals surface area contributed by atoms with Gasteiger partial charge in [-0.3, -0.25) is 0 Å². The summed E-state index contributed by atoms with van der Waals surface area (Å²) in [5.74, 6) is 0. The summed E-state index contributed by atoms with van der Waals surface area (Å²) in [6, 6.07) is 2.63. The fourth-order valence-corrected chi connectivity index (χ4v) is 3.37. The maximum Gasteiger partial charge on any atom is 0.402 e. The summed E-state index contributed by atoms with van der Waals surface area (Å²) in [5.41, 5.74) is 6.83. The molecule has 0 radical (unpaired) electrons. The number of halogens is 3. The van der Waals surface area contributed by atoms with E-state index in [0.717, 1.165) is 5.56 Å². The highest BCUT2D eigenvalue weighted by Crippen LogP contribution is 2.28. The smallest absolute Gasteiger partial charge is 0.398 e. The second kappa shape index (κ2) is 6.20. The lowest BCUT2D eigenvalue weighted by Gasteiger charge is -2.23. The van der Waals surface area contributed by atoms with Crippen molar-refractivity contribution in [3.05, 3.63) is 23.3 Å². The Balaban J connectivity index is 3.32. The molecular weight excluding hydrogens is 309 g/mol. The largest absolute Gasteiger partial charge is 0.402 e. The SMILES string of the molecule is Cc1cc(N)c(S(=O)(=O)N(CCO)CC(F)(F)F)cc1C. The van der Waals surface area contributed by atoms with Crippen LogP contribution in [0.3, 0.4) is 0 Å². The van der Waals surface area contributed by atoms with Crippen LogP contribution in [0.4, 0.5) is 18.9 Å². The first-order chi connectivity index (χ1) is 9.49. The van der Waals surface area contributed by atoms with Gasteiger partial charge in [-0.2, -0.15) is 17.5 Å². The number of alkyl halides is 3. The number of nitrogens with two attached hydrogens (primary N) is 1. The molecule has 3 N–H and O–H groups in total. The first-order valence-corrected chi connectivity index (χ1v) is 7.47. The Bertz CT molecular complexity index is 615. The van der Waals surface area contributed by atoms with E-state index >= 15 is 0 Å². The second-order valence-corrected chi connectivity index (χ2v) is 6.56. The second-order valence-electron chi connectivity index (χ2n) is 4.65. The molecule has 1 aromatic rings. The maximum absolute atomic E-state index is 12.5. The van der Waals surface area contributed by atoms with Crippen molar-refractivity contribution in [3.8, 4) is 0 Å². The molecule has 0 atom stereocenters. The number of hydrogen-bond acceptors (Lipinski definition) is 4. The molecule has 0 aliphatic carbocycles. The van der Waals surface area contributed by atoms with Gasteiger partial charge < -0.3 is 10.8 Å². The molecule has 0 aromatic heterocycles. The van der Waals surface area contributed by atoms with Gasteiger partial charge in [0, 0.05) is 6.54 Å². The number of hydrogen-bond donors (Lipinski definition) is 2.